The maximum atomic E-state index is 6.88. The first kappa shape index (κ1) is 31.0. The highest BCUT2D eigenvalue weighted by Crippen LogP contribution is 2.41. The standard InChI is InChI=1S/C31H44BrOPS2Si/c1-29(2,3)20-18-21(30(4,5)6)27(22(19-20)31(7,8)9)34-28(32)26(33-37(10,11)12)25-16-15-24(36-25)23-14-13-17-35-23/h13-19,26H,1-12H3. The molecule has 1 unspecified atom stereocenters. The lowest BCUT2D eigenvalue weighted by atomic mass is 9.75. The molecule has 2 aromatic heterocycles. The van der Waals surface area contributed by atoms with Gasteiger partial charge >= 0.3 is 0 Å². The van der Waals surface area contributed by atoms with Crippen molar-refractivity contribution in [2.24, 2.45) is 0 Å². The van der Waals surface area contributed by atoms with Crippen LogP contribution in [-0.2, 0) is 20.7 Å². The van der Waals surface area contributed by atoms with Crippen LogP contribution in [0, 0.1) is 0 Å². The molecule has 202 valence electrons. The molecule has 3 rings (SSSR count). The zero-order valence-electron chi connectivity index (χ0n) is 24.7. The summed E-state index contributed by atoms with van der Waals surface area (Å²) in [7, 11) is -0.632. The van der Waals surface area contributed by atoms with E-state index in [4.69, 9.17) is 4.43 Å². The second kappa shape index (κ2) is 11.1. The molecule has 6 heteroatoms. The number of hydrogen-bond acceptors (Lipinski definition) is 3. The van der Waals surface area contributed by atoms with E-state index in [2.05, 4.69) is 140 Å². The zero-order chi connectivity index (χ0) is 28.0. The van der Waals surface area contributed by atoms with Gasteiger partial charge in [0.1, 0.15) is 6.10 Å². The molecule has 0 fully saturated rings. The van der Waals surface area contributed by atoms with Crippen LogP contribution < -0.4 is 5.30 Å². The monoisotopic (exact) mass is 634 g/mol. The fraction of sp³-hybridized carbons (Fsp3) is 0.516. The van der Waals surface area contributed by atoms with E-state index in [1.54, 1.807) is 11.3 Å². The van der Waals surface area contributed by atoms with Crippen LogP contribution in [0.4, 0.5) is 0 Å². The van der Waals surface area contributed by atoms with Gasteiger partial charge in [-0.15, -0.1) is 22.7 Å². The van der Waals surface area contributed by atoms with Gasteiger partial charge in [0.15, 0.2) is 8.32 Å². The van der Waals surface area contributed by atoms with Crippen molar-refractivity contribution >= 4 is 64.6 Å². The van der Waals surface area contributed by atoms with Crippen molar-refractivity contribution in [2.45, 2.75) is 104 Å². The normalized spacial score (nSPS) is 14.8. The first-order valence-electron chi connectivity index (χ1n) is 13.0. The molecule has 0 N–H and O–H groups in total. The summed E-state index contributed by atoms with van der Waals surface area (Å²) in [5, 5.41) is 3.56. The highest BCUT2D eigenvalue weighted by atomic mass is 79.9. The van der Waals surface area contributed by atoms with Gasteiger partial charge in [-0.05, 0) is 92.1 Å². The van der Waals surface area contributed by atoms with Gasteiger partial charge < -0.3 is 4.43 Å². The van der Waals surface area contributed by atoms with E-state index in [0.29, 0.717) is 0 Å². The summed E-state index contributed by atoms with van der Waals surface area (Å²) in [5.74, 6) is 0. The molecule has 1 atom stereocenters. The van der Waals surface area contributed by atoms with E-state index in [0.717, 1.165) is 0 Å². The van der Waals surface area contributed by atoms with Crippen molar-refractivity contribution in [3.63, 3.8) is 0 Å². The Kier molecular flexibility index (Phi) is 9.33. The summed E-state index contributed by atoms with van der Waals surface area (Å²) >= 11 is 7.75. The minimum atomic E-state index is -1.82. The van der Waals surface area contributed by atoms with Gasteiger partial charge in [-0.2, -0.15) is 0 Å². The molecule has 0 saturated heterocycles. The molecule has 3 aromatic rings. The lowest BCUT2D eigenvalue weighted by molar-refractivity contribution is 0.276. The molecule has 0 bridgehead atoms. The summed E-state index contributed by atoms with van der Waals surface area (Å²) in [4.78, 5) is 3.90. The molecule has 0 aliphatic heterocycles. The third kappa shape index (κ3) is 7.99. The van der Waals surface area contributed by atoms with Gasteiger partial charge in [-0.25, -0.2) is 0 Å². The summed E-state index contributed by atoms with van der Waals surface area (Å²) in [5.41, 5.74) is 4.42. The first-order valence-corrected chi connectivity index (χ1v) is 19.8. The van der Waals surface area contributed by atoms with Crippen LogP contribution in [0.1, 0.15) is 90.0 Å². The zero-order valence-corrected chi connectivity index (χ0v) is 29.8. The topological polar surface area (TPSA) is 9.23 Å². The van der Waals surface area contributed by atoms with Crippen LogP contribution in [0.3, 0.4) is 0 Å². The van der Waals surface area contributed by atoms with E-state index < -0.39 is 8.32 Å². The first-order chi connectivity index (χ1) is 16.8. The molecule has 0 aliphatic rings. The van der Waals surface area contributed by atoms with E-state index in [1.807, 2.05) is 11.3 Å². The molecular formula is C31H44BrOPS2Si. The van der Waals surface area contributed by atoms with Crippen molar-refractivity contribution in [1.82, 2.24) is 0 Å². The highest BCUT2D eigenvalue weighted by Gasteiger charge is 2.31. The Morgan fingerprint density at radius 1 is 0.838 bits per heavy atom. The molecule has 0 spiro atoms. The highest BCUT2D eigenvalue weighted by molar-refractivity contribution is 9.19. The second-order valence-electron chi connectivity index (χ2n) is 13.9. The van der Waals surface area contributed by atoms with Gasteiger partial charge in [0.05, 0.1) is 4.20 Å². The van der Waals surface area contributed by atoms with Crippen LogP contribution >= 0.6 is 46.8 Å². The molecule has 0 amide bonds. The van der Waals surface area contributed by atoms with Gasteiger partial charge in [-0.1, -0.05) is 88.7 Å². The Labute approximate surface area is 245 Å². The maximum Gasteiger partial charge on any atom is 0.185 e. The number of rotatable bonds is 6. The molecule has 37 heavy (non-hydrogen) atoms. The van der Waals surface area contributed by atoms with Gasteiger partial charge in [-0.3, -0.25) is 0 Å². The number of hydrogen-bond donors (Lipinski definition) is 0. The summed E-state index contributed by atoms with van der Waals surface area (Å²) in [6.45, 7) is 27.9. The average molecular weight is 636 g/mol. The van der Waals surface area contributed by atoms with Crippen LogP contribution in [0.5, 0.6) is 0 Å². The van der Waals surface area contributed by atoms with E-state index >= 15 is 0 Å². The largest absolute Gasteiger partial charge is 0.405 e. The number of thiophene rings is 2. The van der Waals surface area contributed by atoms with Gasteiger partial charge in [0.2, 0.25) is 0 Å². The molecule has 0 saturated carbocycles. The molecule has 1 nitrogen and oxygen atoms in total. The predicted molar refractivity (Wildman–Crippen MR) is 178 cm³/mol. The third-order valence-electron chi connectivity index (χ3n) is 6.15. The Balaban J connectivity index is 2.24. The third-order valence-corrected chi connectivity index (χ3v) is 11.4. The fourth-order valence-corrected chi connectivity index (χ4v) is 9.98. The maximum absolute atomic E-state index is 6.88. The van der Waals surface area contributed by atoms with Crippen molar-refractivity contribution in [3.8, 4) is 9.75 Å². The summed E-state index contributed by atoms with van der Waals surface area (Å²) in [6.07, 6.45) is -0.0741. The molecule has 0 aliphatic carbocycles. The number of halogens is 1. The fourth-order valence-electron chi connectivity index (χ4n) is 4.12. The van der Waals surface area contributed by atoms with E-state index in [-0.39, 0.29) is 22.3 Å². The van der Waals surface area contributed by atoms with Crippen molar-refractivity contribution in [3.05, 3.63) is 63.3 Å². The Morgan fingerprint density at radius 2 is 1.41 bits per heavy atom. The molecule has 0 radical (unpaired) electrons. The van der Waals surface area contributed by atoms with Crippen LogP contribution in [-0.4, -0.2) is 12.5 Å². The van der Waals surface area contributed by atoms with Crippen molar-refractivity contribution in [2.75, 3.05) is 0 Å². The van der Waals surface area contributed by atoms with Gasteiger partial charge in [0, 0.05) is 19.9 Å². The predicted octanol–water partition coefficient (Wildman–Crippen LogP) is 11.1. The van der Waals surface area contributed by atoms with Crippen molar-refractivity contribution < 1.29 is 4.43 Å². The van der Waals surface area contributed by atoms with Crippen LogP contribution in [0.15, 0.2) is 41.8 Å². The van der Waals surface area contributed by atoms with E-state index in [1.165, 1.54) is 49.0 Å². The Morgan fingerprint density at radius 3 is 1.84 bits per heavy atom. The SMILES string of the molecule is CC(C)(C)c1cc(C(C)(C)C)c(P=C(Br)C(O[Si](C)(C)C)c2ccc(-c3cccs3)s2)c(C(C)(C)C)c1. The van der Waals surface area contributed by atoms with E-state index in [9.17, 15) is 0 Å². The average Bonchev–Trinajstić information content (AvgIpc) is 3.40. The van der Waals surface area contributed by atoms with Gasteiger partial charge in [0.25, 0.3) is 0 Å². The lowest BCUT2D eigenvalue weighted by Gasteiger charge is -2.33. The molecular weight excluding hydrogens is 591 g/mol. The molecule has 1 aromatic carbocycles. The number of benzene rings is 1. The Bertz CT molecular complexity index is 1210. The lowest BCUT2D eigenvalue weighted by Crippen LogP contribution is -2.31. The quantitative estimate of drug-likeness (QED) is 0.193. The van der Waals surface area contributed by atoms with Crippen molar-refractivity contribution in [1.29, 1.82) is 0 Å². The van der Waals surface area contributed by atoms with Crippen LogP contribution in [0.2, 0.25) is 19.6 Å². The summed E-state index contributed by atoms with van der Waals surface area (Å²) < 4.78 is 8.07. The second-order valence-corrected chi connectivity index (χ2v) is 23.0. The molecule has 2 heterocycles. The summed E-state index contributed by atoms with van der Waals surface area (Å²) in [6, 6.07) is 13.8. The smallest absolute Gasteiger partial charge is 0.185 e. The minimum absolute atomic E-state index is 0.0290. The minimum Gasteiger partial charge on any atom is -0.405 e. The Hall–Kier alpha value is -0.553. The van der Waals surface area contributed by atoms with Crippen LogP contribution in [0.25, 0.3) is 9.75 Å².